The lowest BCUT2D eigenvalue weighted by molar-refractivity contribution is -0.143. The van der Waals surface area contributed by atoms with Gasteiger partial charge in [-0.3, -0.25) is 14.9 Å². The number of nitrogens with one attached hydrogen (secondary N) is 1. The van der Waals surface area contributed by atoms with E-state index in [4.69, 9.17) is 9.47 Å². The third kappa shape index (κ3) is 5.26. The van der Waals surface area contributed by atoms with E-state index < -0.39 is 24.4 Å². The predicted octanol–water partition coefficient (Wildman–Crippen LogP) is 2.76. The average Bonchev–Trinajstić information content (AvgIpc) is 2.76. The standard InChI is InChI=1S/C22H18N2O5/c1-28-19-9-5-3-7-17(19)22(27)24-20(25)14-29-21(26)13-12-16-11-10-15-6-2-4-8-18(15)23-16/h2-13H,14H2,1H3,(H,24,25,27). The molecule has 7 nitrogen and oxygen atoms in total. The predicted molar refractivity (Wildman–Crippen MR) is 107 cm³/mol. The topological polar surface area (TPSA) is 94.6 Å². The van der Waals surface area contributed by atoms with E-state index in [2.05, 4.69) is 10.3 Å². The van der Waals surface area contributed by atoms with Crippen molar-refractivity contribution in [2.45, 2.75) is 0 Å². The van der Waals surface area contributed by atoms with Crippen LogP contribution in [0.15, 0.2) is 66.7 Å². The first kappa shape index (κ1) is 19.8. The van der Waals surface area contributed by atoms with Crippen molar-refractivity contribution in [1.82, 2.24) is 10.3 Å². The Morgan fingerprint density at radius 2 is 1.76 bits per heavy atom. The molecule has 0 bridgehead atoms. The van der Waals surface area contributed by atoms with Crippen LogP contribution in [0.25, 0.3) is 17.0 Å². The van der Waals surface area contributed by atoms with Crippen LogP contribution in [0, 0.1) is 0 Å². The summed E-state index contributed by atoms with van der Waals surface area (Å²) in [7, 11) is 1.42. The van der Waals surface area contributed by atoms with Gasteiger partial charge in [0.05, 0.1) is 23.9 Å². The van der Waals surface area contributed by atoms with Crippen LogP contribution in [0.2, 0.25) is 0 Å². The highest BCUT2D eigenvalue weighted by Crippen LogP contribution is 2.16. The summed E-state index contributed by atoms with van der Waals surface area (Å²) in [6.45, 7) is -0.588. The van der Waals surface area contributed by atoms with Gasteiger partial charge in [0.1, 0.15) is 5.75 Å². The van der Waals surface area contributed by atoms with Gasteiger partial charge in [-0.2, -0.15) is 0 Å². The summed E-state index contributed by atoms with van der Waals surface area (Å²) in [5, 5.41) is 3.14. The number of carbonyl (C=O) groups excluding carboxylic acids is 3. The largest absolute Gasteiger partial charge is 0.496 e. The van der Waals surface area contributed by atoms with Crippen LogP contribution in [-0.4, -0.2) is 36.5 Å². The number of nitrogens with zero attached hydrogens (tertiary/aromatic N) is 1. The Kier molecular flexibility index (Phi) is 6.32. The minimum Gasteiger partial charge on any atom is -0.496 e. The summed E-state index contributed by atoms with van der Waals surface area (Å²) in [5.41, 5.74) is 1.59. The Labute approximate surface area is 167 Å². The molecule has 2 aromatic carbocycles. The summed E-state index contributed by atoms with van der Waals surface area (Å²) >= 11 is 0. The number of hydrogen-bond donors (Lipinski definition) is 1. The third-order valence-electron chi connectivity index (χ3n) is 3.96. The molecule has 7 heteroatoms. The second kappa shape index (κ2) is 9.27. The molecule has 0 aliphatic heterocycles. The Bertz CT molecular complexity index is 1090. The molecular formula is C22H18N2O5. The van der Waals surface area contributed by atoms with Gasteiger partial charge in [-0.15, -0.1) is 0 Å². The number of imide groups is 1. The quantitative estimate of drug-likeness (QED) is 0.514. The number of carbonyl (C=O) groups is 3. The Hall–Kier alpha value is -4.00. The molecule has 0 saturated heterocycles. The van der Waals surface area contributed by atoms with E-state index in [-0.39, 0.29) is 5.56 Å². The number of methoxy groups -OCH3 is 1. The van der Waals surface area contributed by atoms with Crippen LogP contribution in [0.3, 0.4) is 0 Å². The van der Waals surface area contributed by atoms with Crippen LogP contribution in [0.4, 0.5) is 0 Å². The number of pyridine rings is 1. The van der Waals surface area contributed by atoms with Crippen molar-refractivity contribution in [3.8, 4) is 5.75 Å². The zero-order chi connectivity index (χ0) is 20.6. The van der Waals surface area contributed by atoms with Gasteiger partial charge in [0.2, 0.25) is 0 Å². The lowest BCUT2D eigenvalue weighted by atomic mass is 10.2. The van der Waals surface area contributed by atoms with Crippen LogP contribution < -0.4 is 10.1 Å². The number of fused-ring (bicyclic) bond motifs is 1. The highest BCUT2D eigenvalue weighted by molar-refractivity contribution is 6.06. The van der Waals surface area contributed by atoms with Gasteiger partial charge in [0, 0.05) is 11.5 Å². The summed E-state index contributed by atoms with van der Waals surface area (Å²) in [6.07, 6.45) is 2.67. The van der Waals surface area contributed by atoms with E-state index in [0.29, 0.717) is 11.4 Å². The van der Waals surface area contributed by atoms with Crippen molar-refractivity contribution in [2.24, 2.45) is 0 Å². The molecule has 3 rings (SSSR count). The maximum atomic E-state index is 12.1. The van der Waals surface area contributed by atoms with Crippen LogP contribution in [0.5, 0.6) is 5.75 Å². The molecule has 146 valence electrons. The SMILES string of the molecule is COc1ccccc1C(=O)NC(=O)COC(=O)C=Cc1ccc2ccccc2n1. The van der Waals surface area contributed by atoms with Crippen molar-refractivity contribution < 1.29 is 23.9 Å². The number of esters is 1. The molecule has 3 aromatic rings. The molecular weight excluding hydrogens is 372 g/mol. The highest BCUT2D eigenvalue weighted by atomic mass is 16.5. The zero-order valence-corrected chi connectivity index (χ0v) is 15.6. The van der Waals surface area contributed by atoms with Crippen molar-refractivity contribution in [3.05, 3.63) is 78.0 Å². The maximum absolute atomic E-state index is 12.1. The summed E-state index contributed by atoms with van der Waals surface area (Å²) < 4.78 is 9.93. The summed E-state index contributed by atoms with van der Waals surface area (Å²) in [4.78, 5) is 40.2. The second-order valence-electron chi connectivity index (χ2n) is 5.95. The number of ether oxygens (including phenoxy) is 2. The Morgan fingerprint density at radius 3 is 2.59 bits per heavy atom. The fourth-order valence-electron chi connectivity index (χ4n) is 2.58. The zero-order valence-electron chi connectivity index (χ0n) is 15.6. The average molecular weight is 390 g/mol. The fraction of sp³-hybridized carbons (Fsp3) is 0.0909. The molecule has 0 unspecified atom stereocenters. The van der Waals surface area contributed by atoms with Gasteiger partial charge in [0.25, 0.3) is 11.8 Å². The van der Waals surface area contributed by atoms with Gasteiger partial charge in [-0.1, -0.05) is 36.4 Å². The Morgan fingerprint density at radius 1 is 1.00 bits per heavy atom. The molecule has 1 aromatic heterocycles. The summed E-state index contributed by atoms with van der Waals surface area (Å²) in [6, 6.07) is 17.7. The van der Waals surface area contributed by atoms with Crippen LogP contribution in [0.1, 0.15) is 16.1 Å². The fourth-order valence-corrected chi connectivity index (χ4v) is 2.58. The van der Waals surface area contributed by atoms with E-state index in [1.807, 2.05) is 30.3 Å². The molecule has 0 fully saturated rings. The van der Waals surface area contributed by atoms with Crippen molar-refractivity contribution in [3.63, 3.8) is 0 Å². The summed E-state index contributed by atoms with van der Waals surface area (Å²) in [5.74, 6) is -1.77. The minimum absolute atomic E-state index is 0.206. The number of aromatic nitrogens is 1. The van der Waals surface area contributed by atoms with Crippen molar-refractivity contribution >= 4 is 34.8 Å². The molecule has 0 aliphatic carbocycles. The Balaban J connectivity index is 1.52. The lowest BCUT2D eigenvalue weighted by Gasteiger charge is -2.08. The number of rotatable bonds is 6. The van der Waals surface area contributed by atoms with Gasteiger partial charge < -0.3 is 9.47 Å². The molecule has 0 atom stereocenters. The number of benzene rings is 2. The molecule has 0 aliphatic rings. The van der Waals surface area contributed by atoms with E-state index in [9.17, 15) is 14.4 Å². The van der Waals surface area contributed by atoms with E-state index in [0.717, 1.165) is 10.9 Å². The first-order chi connectivity index (χ1) is 14.1. The molecule has 29 heavy (non-hydrogen) atoms. The van der Waals surface area contributed by atoms with Crippen molar-refractivity contribution in [1.29, 1.82) is 0 Å². The first-order valence-electron chi connectivity index (χ1n) is 8.74. The van der Waals surface area contributed by atoms with Crippen LogP contribution in [-0.2, 0) is 14.3 Å². The molecule has 0 radical (unpaired) electrons. The molecule has 2 amide bonds. The van der Waals surface area contributed by atoms with E-state index >= 15 is 0 Å². The molecule has 1 heterocycles. The van der Waals surface area contributed by atoms with Gasteiger partial charge >= 0.3 is 5.97 Å². The smallest absolute Gasteiger partial charge is 0.331 e. The van der Waals surface area contributed by atoms with Gasteiger partial charge in [0.15, 0.2) is 6.61 Å². The number of para-hydroxylation sites is 2. The van der Waals surface area contributed by atoms with E-state index in [1.54, 1.807) is 24.3 Å². The molecule has 0 spiro atoms. The maximum Gasteiger partial charge on any atom is 0.331 e. The first-order valence-corrected chi connectivity index (χ1v) is 8.74. The lowest BCUT2D eigenvalue weighted by Crippen LogP contribution is -2.34. The minimum atomic E-state index is -0.744. The van der Waals surface area contributed by atoms with E-state index in [1.165, 1.54) is 25.3 Å². The second-order valence-corrected chi connectivity index (χ2v) is 5.95. The number of hydrogen-bond acceptors (Lipinski definition) is 6. The third-order valence-corrected chi connectivity index (χ3v) is 3.96. The number of amides is 2. The highest BCUT2D eigenvalue weighted by Gasteiger charge is 2.15. The normalized spacial score (nSPS) is 10.7. The molecule has 0 saturated carbocycles. The van der Waals surface area contributed by atoms with Gasteiger partial charge in [-0.05, 0) is 30.3 Å². The van der Waals surface area contributed by atoms with Gasteiger partial charge in [-0.25, -0.2) is 9.78 Å². The van der Waals surface area contributed by atoms with Crippen LogP contribution >= 0.6 is 0 Å². The van der Waals surface area contributed by atoms with Crippen molar-refractivity contribution in [2.75, 3.05) is 13.7 Å². The molecule has 1 N–H and O–H groups in total. The monoisotopic (exact) mass is 390 g/mol.